The summed E-state index contributed by atoms with van der Waals surface area (Å²) in [5, 5.41) is 0. The van der Waals surface area contributed by atoms with Crippen LogP contribution in [0.1, 0.15) is 11.1 Å². The first-order valence-electron chi connectivity index (χ1n) is 10.3. The first kappa shape index (κ1) is 25.7. The van der Waals surface area contributed by atoms with E-state index in [4.69, 9.17) is 23.7 Å². The predicted octanol–water partition coefficient (Wildman–Crippen LogP) is 4.84. The lowest BCUT2D eigenvalue weighted by atomic mass is 10.1. The van der Waals surface area contributed by atoms with E-state index in [-0.39, 0.29) is 21.9 Å². The van der Waals surface area contributed by atoms with Crippen LogP contribution in [0.4, 0.5) is 10.1 Å². The molecule has 0 bridgehead atoms. The third-order valence-electron chi connectivity index (χ3n) is 5.11. The van der Waals surface area contributed by atoms with Crippen LogP contribution in [0.25, 0.3) is 12.2 Å². The van der Waals surface area contributed by atoms with Gasteiger partial charge in [-0.15, -0.1) is 0 Å². The van der Waals surface area contributed by atoms with E-state index in [0.717, 1.165) is 0 Å². The second-order valence-electron chi connectivity index (χ2n) is 7.12. The van der Waals surface area contributed by atoms with E-state index in [0.29, 0.717) is 28.6 Å². The Bertz CT molecular complexity index is 1300. The lowest BCUT2D eigenvalue weighted by Crippen LogP contribution is -2.15. The van der Waals surface area contributed by atoms with Crippen molar-refractivity contribution in [2.75, 3.05) is 40.3 Å². The molecule has 8 nitrogen and oxygen atoms in total. The van der Waals surface area contributed by atoms with Gasteiger partial charge in [-0.2, -0.15) is 0 Å². The molecule has 0 aromatic heterocycles. The fraction of sp³-hybridized carbons (Fsp3) is 0.200. The van der Waals surface area contributed by atoms with Crippen molar-refractivity contribution in [1.29, 1.82) is 0 Å². The lowest BCUT2D eigenvalue weighted by Gasteiger charge is -2.15. The molecule has 10 heteroatoms. The number of halogens is 1. The number of hydrogen-bond donors (Lipinski definition) is 1. The van der Waals surface area contributed by atoms with Crippen molar-refractivity contribution in [3.63, 3.8) is 0 Å². The van der Waals surface area contributed by atoms with Crippen LogP contribution in [-0.2, 0) is 10.0 Å². The minimum atomic E-state index is -4.11. The number of anilines is 1. The molecule has 35 heavy (non-hydrogen) atoms. The molecule has 0 aliphatic rings. The van der Waals surface area contributed by atoms with Crippen LogP contribution >= 0.6 is 0 Å². The molecule has 1 N–H and O–H groups in total. The molecule has 0 aliphatic heterocycles. The van der Waals surface area contributed by atoms with Gasteiger partial charge in [0.25, 0.3) is 10.0 Å². The lowest BCUT2D eigenvalue weighted by molar-refractivity contribution is 0.324. The van der Waals surface area contributed by atoms with E-state index < -0.39 is 15.8 Å². The van der Waals surface area contributed by atoms with E-state index in [1.807, 2.05) is 0 Å². The van der Waals surface area contributed by atoms with E-state index in [9.17, 15) is 8.42 Å². The van der Waals surface area contributed by atoms with Crippen LogP contribution in [0.3, 0.4) is 0 Å². The van der Waals surface area contributed by atoms with Crippen molar-refractivity contribution in [2.45, 2.75) is 4.90 Å². The van der Waals surface area contributed by atoms with E-state index in [2.05, 4.69) is 4.72 Å². The summed E-state index contributed by atoms with van der Waals surface area (Å²) in [6.07, 6.45) is 3.23. The van der Waals surface area contributed by atoms with Gasteiger partial charge in [0.1, 0.15) is 5.75 Å². The molecule has 3 aromatic rings. The summed E-state index contributed by atoms with van der Waals surface area (Å²) in [7, 11) is 3.14. The van der Waals surface area contributed by atoms with Gasteiger partial charge in [-0.05, 0) is 54.1 Å². The number of methoxy groups -OCH3 is 5. The molecule has 0 heterocycles. The Balaban J connectivity index is 2.04. The molecule has 0 atom stereocenters. The van der Waals surface area contributed by atoms with Crippen LogP contribution in [0.2, 0.25) is 0 Å². The monoisotopic (exact) mass is 503 g/mol. The van der Waals surface area contributed by atoms with Gasteiger partial charge >= 0.3 is 0 Å². The van der Waals surface area contributed by atoms with E-state index in [1.54, 1.807) is 30.4 Å². The summed E-state index contributed by atoms with van der Waals surface area (Å²) in [5.74, 6) is 0.834. The Morgan fingerprint density at radius 1 is 0.743 bits per heavy atom. The molecular weight excluding hydrogens is 477 g/mol. The first-order chi connectivity index (χ1) is 16.8. The van der Waals surface area contributed by atoms with E-state index in [1.165, 1.54) is 65.9 Å². The zero-order valence-electron chi connectivity index (χ0n) is 19.9. The summed E-state index contributed by atoms with van der Waals surface area (Å²) in [5.41, 5.74) is 0.665. The molecule has 0 aliphatic carbocycles. The predicted molar refractivity (Wildman–Crippen MR) is 132 cm³/mol. The molecule has 0 radical (unpaired) electrons. The fourth-order valence-electron chi connectivity index (χ4n) is 3.30. The first-order valence-corrected chi connectivity index (χ1v) is 11.8. The smallest absolute Gasteiger partial charge is 0.262 e. The molecule has 0 fully saturated rings. The molecule has 186 valence electrons. The maximum atomic E-state index is 15.2. The van der Waals surface area contributed by atoms with Gasteiger partial charge in [0.2, 0.25) is 5.75 Å². The fourth-order valence-corrected chi connectivity index (χ4v) is 4.39. The molecule has 0 amide bonds. The van der Waals surface area contributed by atoms with Crippen molar-refractivity contribution < 1.29 is 36.5 Å². The van der Waals surface area contributed by atoms with Crippen molar-refractivity contribution >= 4 is 27.9 Å². The van der Waals surface area contributed by atoms with Gasteiger partial charge in [0.15, 0.2) is 23.1 Å². The van der Waals surface area contributed by atoms with Crippen LogP contribution in [-0.4, -0.2) is 44.0 Å². The quantitative estimate of drug-likeness (QED) is 0.396. The maximum Gasteiger partial charge on any atom is 0.262 e. The van der Waals surface area contributed by atoms with Gasteiger partial charge < -0.3 is 23.7 Å². The zero-order valence-corrected chi connectivity index (χ0v) is 20.7. The maximum absolute atomic E-state index is 15.2. The Morgan fingerprint density at radius 2 is 1.34 bits per heavy atom. The Labute approximate surface area is 203 Å². The average molecular weight is 504 g/mol. The minimum Gasteiger partial charge on any atom is -0.497 e. The van der Waals surface area contributed by atoms with Crippen molar-refractivity contribution in [2.24, 2.45) is 0 Å². The third kappa shape index (κ3) is 5.60. The second kappa shape index (κ2) is 11.0. The Morgan fingerprint density at radius 3 is 1.86 bits per heavy atom. The third-order valence-corrected chi connectivity index (χ3v) is 6.47. The summed E-state index contributed by atoms with van der Waals surface area (Å²) in [6, 6.07) is 12.1. The standard InChI is InChI=1S/C25H26FNO7S/c1-30-18-9-11-19(12-10-18)35(28,29)27-24-17(8-13-20(31-2)23(24)26)7-6-16-14-21(32-3)25(34-5)22(15-16)33-4/h6-15,27H,1-5H3/b7-6-. The second-order valence-corrected chi connectivity index (χ2v) is 8.80. The topological polar surface area (TPSA) is 92.3 Å². The van der Waals surface area contributed by atoms with Crippen LogP contribution in [0.5, 0.6) is 28.7 Å². The SMILES string of the molecule is COc1ccc(S(=O)(=O)Nc2c(/C=C\c3cc(OC)c(OC)c(OC)c3)ccc(OC)c2F)cc1. The van der Waals surface area contributed by atoms with Gasteiger partial charge in [-0.25, -0.2) is 12.8 Å². The van der Waals surface area contributed by atoms with Gasteiger partial charge in [0, 0.05) is 5.56 Å². The minimum absolute atomic E-state index is 0.0555. The number of nitrogens with one attached hydrogen (secondary N) is 1. The summed E-state index contributed by atoms with van der Waals surface area (Å²) in [6.45, 7) is 0. The number of hydrogen-bond acceptors (Lipinski definition) is 7. The highest BCUT2D eigenvalue weighted by molar-refractivity contribution is 7.92. The van der Waals surface area contributed by atoms with Crippen LogP contribution in [0.15, 0.2) is 53.4 Å². The van der Waals surface area contributed by atoms with Gasteiger partial charge in [0.05, 0.1) is 46.1 Å². The number of ether oxygens (including phenoxy) is 5. The Hall–Kier alpha value is -3.92. The highest BCUT2D eigenvalue weighted by Gasteiger charge is 2.21. The van der Waals surface area contributed by atoms with Crippen LogP contribution < -0.4 is 28.4 Å². The van der Waals surface area contributed by atoms with Crippen LogP contribution in [0, 0.1) is 5.82 Å². The molecule has 0 saturated heterocycles. The van der Waals surface area contributed by atoms with Gasteiger partial charge in [-0.3, -0.25) is 4.72 Å². The van der Waals surface area contributed by atoms with Crippen molar-refractivity contribution in [3.8, 4) is 28.7 Å². The highest BCUT2D eigenvalue weighted by Crippen LogP contribution is 2.39. The highest BCUT2D eigenvalue weighted by atomic mass is 32.2. The summed E-state index contributed by atoms with van der Waals surface area (Å²) in [4.78, 5) is -0.0555. The molecule has 0 unspecified atom stereocenters. The molecule has 0 spiro atoms. The normalized spacial score (nSPS) is 11.3. The number of sulfonamides is 1. The molecule has 3 rings (SSSR count). The molecule has 3 aromatic carbocycles. The van der Waals surface area contributed by atoms with Crippen molar-refractivity contribution in [3.05, 3.63) is 65.5 Å². The average Bonchev–Trinajstić information content (AvgIpc) is 2.88. The number of benzene rings is 3. The summed E-state index contributed by atoms with van der Waals surface area (Å²) >= 11 is 0. The van der Waals surface area contributed by atoms with Crippen molar-refractivity contribution in [1.82, 2.24) is 0 Å². The van der Waals surface area contributed by atoms with E-state index >= 15 is 4.39 Å². The Kier molecular flexibility index (Phi) is 8.08. The molecule has 0 saturated carbocycles. The summed E-state index contributed by atoms with van der Waals surface area (Å²) < 4.78 is 69.7. The number of rotatable bonds is 10. The largest absolute Gasteiger partial charge is 0.497 e. The van der Waals surface area contributed by atoms with Gasteiger partial charge in [-0.1, -0.05) is 12.2 Å². The zero-order chi connectivity index (χ0) is 25.6. The molecular formula is C25H26FNO7S.